The van der Waals surface area contributed by atoms with Crippen LogP contribution in [-0.4, -0.2) is 76.2 Å². The largest absolute Gasteiger partial charge is 0.461 e. The second kappa shape index (κ2) is 11.3. The number of nitrogen functional groups attached to an aromatic ring is 2. The summed E-state index contributed by atoms with van der Waals surface area (Å²) in [4.78, 5) is 28.6. The smallest absolute Gasteiger partial charge is 0.340 e. The maximum absolute atomic E-state index is 12.4. The molecule has 4 N–H and O–H groups in total. The molecule has 0 heterocycles. The van der Waals surface area contributed by atoms with Gasteiger partial charge in [0.1, 0.15) is 13.2 Å². The van der Waals surface area contributed by atoms with E-state index in [9.17, 15) is 9.59 Å². The van der Waals surface area contributed by atoms with Crippen molar-refractivity contribution >= 4 is 23.3 Å². The van der Waals surface area contributed by atoms with E-state index in [0.717, 1.165) is 11.1 Å². The lowest BCUT2D eigenvalue weighted by molar-refractivity contribution is 0.0473. The number of carbonyl (C=O) groups excluding carboxylic acids is 2. The third kappa shape index (κ3) is 7.58. The zero-order chi connectivity index (χ0) is 23.0. The monoisotopic (exact) mass is 428 g/mol. The standard InChI is InChI=1S/C23H32N4O4/c1-26(2)9-11-30-22(28)18-14-16(5-7-20(18)24)13-17-6-8-21(25)19(15-17)23(29)31-12-10-27(3)4/h5-8,14-15H,9-13,24-25H2,1-4H3. The molecule has 0 unspecified atom stereocenters. The maximum atomic E-state index is 12.4. The summed E-state index contributed by atoms with van der Waals surface area (Å²) >= 11 is 0. The highest BCUT2D eigenvalue weighted by molar-refractivity contribution is 5.96. The second-order valence-corrected chi connectivity index (χ2v) is 7.90. The summed E-state index contributed by atoms with van der Waals surface area (Å²) in [5.41, 5.74) is 15.1. The summed E-state index contributed by atoms with van der Waals surface area (Å²) < 4.78 is 10.6. The zero-order valence-electron chi connectivity index (χ0n) is 18.7. The van der Waals surface area contributed by atoms with Gasteiger partial charge in [-0.3, -0.25) is 0 Å². The average molecular weight is 429 g/mol. The number of esters is 2. The van der Waals surface area contributed by atoms with Crippen LogP contribution in [0.3, 0.4) is 0 Å². The Balaban J connectivity index is 2.12. The number of nitrogens with two attached hydrogens (primary N) is 2. The molecule has 2 rings (SSSR count). The number of nitrogens with zero attached hydrogens (tertiary/aromatic N) is 2. The average Bonchev–Trinajstić information content (AvgIpc) is 2.70. The third-order valence-electron chi connectivity index (χ3n) is 4.63. The van der Waals surface area contributed by atoms with Gasteiger partial charge in [-0.15, -0.1) is 0 Å². The maximum Gasteiger partial charge on any atom is 0.340 e. The van der Waals surface area contributed by atoms with E-state index in [0.29, 0.717) is 42.0 Å². The van der Waals surface area contributed by atoms with Crippen LogP contribution in [0.1, 0.15) is 31.8 Å². The molecule has 0 bridgehead atoms. The molecule has 31 heavy (non-hydrogen) atoms. The van der Waals surface area contributed by atoms with E-state index in [-0.39, 0.29) is 13.2 Å². The number of hydrogen-bond acceptors (Lipinski definition) is 8. The quantitative estimate of drug-likeness (QED) is 0.436. The fraction of sp³-hybridized carbons (Fsp3) is 0.391. The molecule has 0 aromatic heterocycles. The molecule has 0 spiro atoms. The van der Waals surface area contributed by atoms with Gasteiger partial charge in [0.05, 0.1) is 11.1 Å². The van der Waals surface area contributed by atoms with Crippen molar-refractivity contribution in [2.24, 2.45) is 0 Å². The van der Waals surface area contributed by atoms with Gasteiger partial charge in [0.2, 0.25) is 0 Å². The molecule has 0 saturated carbocycles. The summed E-state index contributed by atoms with van der Waals surface area (Å²) in [6.45, 7) is 1.83. The first-order chi connectivity index (χ1) is 14.7. The van der Waals surface area contributed by atoms with Crippen LogP contribution in [0.15, 0.2) is 36.4 Å². The van der Waals surface area contributed by atoms with E-state index < -0.39 is 11.9 Å². The summed E-state index contributed by atoms with van der Waals surface area (Å²) in [6.07, 6.45) is 0.497. The van der Waals surface area contributed by atoms with Gasteiger partial charge in [-0.25, -0.2) is 9.59 Å². The highest BCUT2D eigenvalue weighted by Crippen LogP contribution is 2.21. The molecule has 0 atom stereocenters. The number of benzene rings is 2. The van der Waals surface area contributed by atoms with Crippen LogP contribution in [0.25, 0.3) is 0 Å². The van der Waals surface area contributed by atoms with Crippen molar-refractivity contribution in [3.05, 3.63) is 58.7 Å². The number of rotatable bonds is 10. The first kappa shape index (κ1) is 24.2. The molecule has 0 radical (unpaired) electrons. The van der Waals surface area contributed by atoms with Crippen molar-refractivity contribution in [2.75, 3.05) is 66.0 Å². The van der Waals surface area contributed by atoms with Gasteiger partial charge < -0.3 is 30.7 Å². The Labute approximate surface area is 183 Å². The molecule has 0 aliphatic rings. The Bertz CT molecular complexity index is 839. The topological polar surface area (TPSA) is 111 Å². The Kier molecular flexibility index (Phi) is 8.84. The lowest BCUT2D eigenvalue weighted by atomic mass is 9.99. The highest BCUT2D eigenvalue weighted by Gasteiger charge is 2.15. The minimum atomic E-state index is -0.455. The molecule has 2 aromatic rings. The Morgan fingerprint density at radius 2 is 1.13 bits per heavy atom. The molecule has 0 saturated heterocycles. The van der Waals surface area contributed by atoms with Gasteiger partial charge in [0.25, 0.3) is 0 Å². The molecule has 0 aliphatic carbocycles. The van der Waals surface area contributed by atoms with E-state index in [4.69, 9.17) is 20.9 Å². The summed E-state index contributed by atoms with van der Waals surface area (Å²) in [5, 5.41) is 0. The Morgan fingerprint density at radius 1 is 0.742 bits per heavy atom. The minimum Gasteiger partial charge on any atom is -0.461 e. The molecule has 0 amide bonds. The minimum absolute atomic E-state index is 0.284. The summed E-state index contributed by atoms with van der Waals surface area (Å²) in [5.74, 6) is -0.910. The third-order valence-corrected chi connectivity index (χ3v) is 4.63. The molecular weight excluding hydrogens is 396 g/mol. The number of ether oxygens (including phenoxy) is 2. The van der Waals surface area contributed by atoms with E-state index in [1.165, 1.54) is 0 Å². The zero-order valence-corrected chi connectivity index (χ0v) is 18.7. The first-order valence-electron chi connectivity index (χ1n) is 10.1. The van der Waals surface area contributed by atoms with Gasteiger partial charge in [0, 0.05) is 24.5 Å². The van der Waals surface area contributed by atoms with Gasteiger partial charge in [-0.05, 0) is 70.0 Å². The fourth-order valence-corrected chi connectivity index (χ4v) is 2.81. The van der Waals surface area contributed by atoms with E-state index in [1.54, 1.807) is 24.3 Å². The summed E-state index contributed by atoms with van der Waals surface area (Å²) in [7, 11) is 7.62. The van der Waals surface area contributed by atoms with Crippen LogP contribution in [0.2, 0.25) is 0 Å². The molecule has 0 fully saturated rings. The van der Waals surface area contributed by atoms with Crippen molar-refractivity contribution in [1.29, 1.82) is 0 Å². The molecule has 168 valence electrons. The van der Waals surface area contributed by atoms with Gasteiger partial charge in [-0.1, -0.05) is 12.1 Å². The van der Waals surface area contributed by atoms with Crippen molar-refractivity contribution < 1.29 is 19.1 Å². The first-order valence-corrected chi connectivity index (χ1v) is 10.1. The van der Waals surface area contributed by atoms with Crippen LogP contribution < -0.4 is 11.5 Å². The van der Waals surface area contributed by atoms with Crippen LogP contribution in [0, 0.1) is 0 Å². The van der Waals surface area contributed by atoms with E-state index in [2.05, 4.69) is 0 Å². The summed E-state index contributed by atoms with van der Waals surface area (Å²) in [6, 6.07) is 10.5. The lowest BCUT2D eigenvalue weighted by Crippen LogP contribution is -2.20. The van der Waals surface area contributed by atoms with E-state index >= 15 is 0 Å². The van der Waals surface area contributed by atoms with Crippen LogP contribution in [0.5, 0.6) is 0 Å². The van der Waals surface area contributed by atoms with Gasteiger partial charge in [-0.2, -0.15) is 0 Å². The number of likely N-dealkylation sites (N-methyl/N-ethyl adjacent to an activating group) is 2. The van der Waals surface area contributed by atoms with Gasteiger partial charge >= 0.3 is 11.9 Å². The number of carbonyl (C=O) groups is 2. The normalized spacial score (nSPS) is 11.0. The lowest BCUT2D eigenvalue weighted by Gasteiger charge is -2.13. The highest BCUT2D eigenvalue weighted by atomic mass is 16.5. The molecule has 8 nitrogen and oxygen atoms in total. The fourth-order valence-electron chi connectivity index (χ4n) is 2.81. The Hall–Kier alpha value is -3.10. The van der Waals surface area contributed by atoms with Crippen LogP contribution >= 0.6 is 0 Å². The predicted octanol–water partition coefficient (Wildman–Crippen LogP) is 1.88. The van der Waals surface area contributed by atoms with Crippen molar-refractivity contribution in [3.8, 4) is 0 Å². The van der Waals surface area contributed by atoms with E-state index in [1.807, 2.05) is 50.1 Å². The van der Waals surface area contributed by atoms with Crippen LogP contribution in [-0.2, 0) is 15.9 Å². The molecule has 2 aromatic carbocycles. The number of anilines is 2. The van der Waals surface area contributed by atoms with Crippen molar-refractivity contribution in [1.82, 2.24) is 9.80 Å². The van der Waals surface area contributed by atoms with Crippen molar-refractivity contribution in [2.45, 2.75) is 6.42 Å². The second-order valence-electron chi connectivity index (χ2n) is 7.90. The van der Waals surface area contributed by atoms with Crippen molar-refractivity contribution in [3.63, 3.8) is 0 Å². The predicted molar refractivity (Wildman–Crippen MR) is 122 cm³/mol. The molecular formula is C23H32N4O4. The number of hydrogen-bond donors (Lipinski definition) is 2. The van der Waals surface area contributed by atoms with Crippen LogP contribution in [0.4, 0.5) is 11.4 Å². The molecule has 0 aliphatic heterocycles. The Morgan fingerprint density at radius 3 is 1.48 bits per heavy atom. The SMILES string of the molecule is CN(C)CCOC(=O)c1cc(Cc2ccc(N)c(C(=O)OCCN(C)C)c2)ccc1N. The van der Waals surface area contributed by atoms with Gasteiger partial charge in [0.15, 0.2) is 0 Å². The molecule has 8 heteroatoms.